The summed E-state index contributed by atoms with van der Waals surface area (Å²) in [6.45, 7) is 2.00. The van der Waals surface area contributed by atoms with Crippen LogP contribution >= 0.6 is 0 Å². The van der Waals surface area contributed by atoms with Gasteiger partial charge in [0.25, 0.3) is 0 Å². The molecule has 0 radical (unpaired) electrons. The molecule has 0 aliphatic heterocycles. The number of hydrogen-bond acceptors (Lipinski definition) is 7. The summed E-state index contributed by atoms with van der Waals surface area (Å²) in [5, 5.41) is 12.0. The number of aryl methyl sites for hydroxylation is 2. The lowest BCUT2D eigenvalue weighted by Crippen LogP contribution is -2.30. The Labute approximate surface area is 190 Å². The average molecular weight is 441 g/mol. The summed E-state index contributed by atoms with van der Waals surface area (Å²) in [6.07, 6.45) is 12.2. The van der Waals surface area contributed by atoms with E-state index < -0.39 is 0 Å². The lowest BCUT2D eigenvalue weighted by molar-refractivity contribution is -0.112. The predicted molar refractivity (Wildman–Crippen MR) is 128 cm³/mol. The van der Waals surface area contributed by atoms with Crippen molar-refractivity contribution in [3.05, 3.63) is 66.4 Å². The zero-order valence-corrected chi connectivity index (χ0v) is 18.4. The number of pyridine rings is 3. The summed E-state index contributed by atoms with van der Waals surface area (Å²) in [5.74, 6) is 0.662. The molecule has 0 spiro atoms. The van der Waals surface area contributed by atoms with Crippen molar-refractivity contribution in [3.8, 4) is 11.3 Å². The van der Waals surface area contributed by atoms with Crippen molar-refractivity contribution in [1.29, 1.82) is 0 Å². The molecule has 0 aromatic carbocycles. The van der Waals surface area contributed by atoms with Gasteiger partial charge >= 0.3 is 0 Å². The van der Waals surface area contributed by atoms with E-state index in [9.17, 15) is 4.79 Å². The maximum atomic E-state index is 12.5. The Morgan fingerprint density at radius 2 is 2.09 bits per heavy atom. The Balaban J connectivity index is 1.28. The third-order valence-electron chi connectivity index (χ3n) is 5.74. The smallest absolute Gasteiger partial charge is 0.249 e. The van der Waals surface area contributed by atoms with Gasteiger partial charge in [0.05, 0.1) is 17.6 Å². The number of rotatable bonds is 5. The molecule has 5 rings (SSSR count). The van der Waals surface area contributed by atoms with Crippen molar-refractivity contribution in [1.82, 2.24) is 24.7 Å². The normalized spacial score (nSPS) is 15.2. The highest BCUT2D eigenvalue weighted by atomic mass is 16.1. The molecule has 1 fully saturated rings. The highest BCUT2D eigenvalue weighted by Gasteiger charge is 2.24. The first-order chi connectivity index (χ1) is 15.9. The summed E-state index contributed by atoms with van der Waals surface area (Å²) in [7, 11) is 1.88. The maximum Gasteiger partial charge on any atom is 0.249 e. The van der Waals surface area contributed by atoms with E-state index in [-0.39, 0.29) is 5.91 Å². The van der Waals surface area contributed by atoms with Crippen molar-refractivity contribution in [2.24, 2.45) is 7.05 Å². The van der Waals surface area contributed by atoms with Crippen LogP contribution in [0.3, 0.4) is 0 Å². The molecule has 1 saturated carbocycles. The second-order valence-corrected chi connectivity index (χ2v) is 8.32. The summed E-state index contributed by atoms with van der Waals surface area (Å²) in [4.78, 5) is 25.6. The molecular weight excluding hydrogens is 416 g/mol. The van der Waals surface area contributed by atoms with Crippen LogP contribution in [0.15, 0.2) is 60.8 Å². The monoisotopic (exact) mass is 440 g/mol. The van der Waals surface area contributed by atoms with Crippen LogP contribution in [0, 0.1) is 6.92 Å². The molecule has 9 heteroatoms. The molecule has 0 saturated heterocycles. The predicted octanol–water partition coefficient (Wildman–Crippen LogP) is 3.46. The van der Waals surface area contributed by atoms with Gasteiger partial charge in [-0.25, -0.2) is 9.97 Å². The fourth-order valence-electron chi connectivity index (χ4n) is 3.98. The van der Waals surface area contributed by atoms with E-state index in [1.807, 2.05) is 38.4 Å². The number of amides is 1. The quantitative estimate of drug-likeness (QED) is 0.406. The zero-order valence-electron chi connectivity index (χ0n) is 18.4. The summed E-state index contributed by atoms with van der Waals surface area (Å²) in [6, 6.07) is 6.00. The van der Waals surface area contributed by atoms with Crippen LogP contribution in [0.1, 0.15) is 18.4 Å². The second-order valence-electron chi connectivity index (χ2n) is 8.32. The number of carbonyl (C=O) groups excluding carboxylic acids is 1. The molecule has 0 unspecified atom stereocenters. The van der Waals surface area contributed by atoms with E-state index in [1.165, 1.54) is 0 Å². The van der Waals surface area contributed by atoms with E-state index in [2.05, 4.69) is 30.7 Å². The van der Waals surface area contributed by atoms with E-state index in [0.29, 0.717) is 17.7 Å². The second kappa shape index (κ2) is 8.34. The van der Waals surface area contributed by atoms with Gasteiger partial charge in [-0.15, -0.1) is 0 Å². The van der Waals surface area contributed by atoms with Crippen molar-refractivity contribution < 1.29 is 4.79 Å². The molecule has 1 aliphatic carbocycles. The van der Waals surface area contributed by atoms with Crippen LogP contribution in [-0.2, 0) is 11.8 Å². The first-order valence-electron chi connectivity index (χ1n) is 10.7. The van der Waals surface area contributed by atoms with Crippen molar-refractivity contribution in [2.45, 2.75) is 25.8 Å². The number of aromatic nitrogens is 5. The first kappa shape index (κ1) is 20.6. The third kappa shape index (κ3) is 4.38. The third-order valence-corrected chi connectivity index (χ3v) is 5.74. The summed E-state index contributed by atoms with van der Waals surface area (Å²) >= 11 is 0. The fourth-order valence-corrected chi connectivity index (χ4v) is 3.98. The van der Waals surface area contributed by atoms with Crippen molar-refractivity contribution >= 4 is 34.0 Å². The summed E-state index contributed by atoms with van der Waals surface area (Å²) in [5.41, 5.74) is 11.0. The number of nitrogens with one attached hydrogen (secondary N) is 2. The van der Waals surface area contributed by atoms with Crippen LogP contribution < -0.4 is 16.4 Å². The van der Waals surface area contributed by atoms with Crippen LogP contribution in [-0.4, -0.2) is 36.7 Å². The van der Waals surface area contributed by atoms with Crippen LogP contribution in [0.5, 0.6) is 0 Å². The Morgan fingerprint density at radius 3 is 2.85 bits per heavy atom. The van der Waals surface area contributed by atoms with E-state index in [1.54, 1.807) is 35.5 Å². The minimum absolute atomic E-state index is 0.193. The maximum absolute atomic E-state index is 12.5. The SMILES string of the molecule is Cc1ccncc1-c1cc2cc(NC(=O)C=C3CC(Nc4cnn(C)c4)C3)ncc2c(N)n1. The van der Waals surface area contributed by atoms with Crippen LogP contribution in [0.25, 0.3) is 22.0 Å². The fraction of sp³-hybridized carbons (Fsp3) is 0.208. The number of nitrogens with two attached hydrogens (primary N) is 1. The molecule has 0 bridgehead atoms. The molecule has 33 heavy (non-hydrogen) atoms. The van der Waals surface area contributed by atoms with Gasteiger partial charge < -0.3 is 16.4 Å². The van der Waals surface area contributed by atoms with Gasteiger partial charge in [-0.2, -0.15) is 5.10 Å². The Kier molecular flexibility index (Phi) is 5.21. The Morgan fingerprint density at radius 1 is 1.24 bits per heavy atom. The van der Waals surface area contributed by atoms with Crippen LogP contribution in [0.4, 0.5) is 17.3 Å². The minimum atomic E-state index is -0.193. The molecule has 4 aromatic rings. The largest absolute Gasteiger partial charge is 0.383 e. The molecular formula is C24H24N8O. The number of anilines is 3. The van der Waals surface area contributed by atoms with Crippen LogP contribution in [0.2, 0.25) is 0 Å². The number of hydrogen-bond donors (Lipinski definition) is 3. The van der Waals surface area contributed by atoms with Gasteiger partial charge in [0, 0.05) is 54.9 Å². The molecule has 1 amide bonds. The van der Waals surface area contributed by atoms with Gasteiger partial charge in [0.2, 0.25) is 5.91 Å². The van der Waals surface area contributed by atoms with Crippen molar-refractivity contribution in [3.63, 3.8) is 0 Å². The first-order valence-corrected chi connectivity index (χ1v) is 10.7. The lowest BCUT2D eigenvalue weighted by Gasteiger charge is -2.30. The molecule has 4 N–H and O–H groups in total. The Bertz CT molecular complexity index is 1380. The van der Waals surface area contributed by atoms with Gasteiger partial charge in [-0.1, -0.05) is 5.57 Å². The molecule has 166 valence electrons. The van der Waals surface area contributed by atoms with E-state index in [0.717, 1.165) is 51.7 Å². The number of nitrogen functional groups attached to an aromatic ring is 1. The number of fused-ring (bicyclic) bond motifs is 1. The molecule has 0 atom stereocenters. The van der Waals surface area contributed by atoms with Crippen molar-refractivity contribution in [2.75, 3.05) is 16.4 Å². The zero-order chi connectivity index (χ0) is 22.9. The van der Waals surface area contributed by atoms with Gasteiger partial charge in [-0.3, -0.25) is 14.5 Å². The standard InChI is InChI=1S/C24H24N8O/c1-14-3-4-26-11-19(14)21-8-16-9-22(27-12-20(16)24(25)30-21)31-23(33)7-15-5-17(6-15)29-18-10-28-32(2)13-18/h3-4,7-13,17,29H,5-6H2,1-2H3,(H2,25,30)(H,27,31,33). The van der Waals surface area contributed by atoms with Gasteiger partial charge in [0.1, 0.15) is 11.6 Å². The van der Waals surface area contributed by atoms with E-state index >= 15 is 0 Å². The highest BCUT2D eigenvalue weighted by Crippen LogP contribution is 2.30. The van der Waals surface area contributed by atoms with E-state index in [4.69, 9.17) is 5.73 Å². The molecule has 4 aromatic heterocycles. The van der Waals surface area contributed by atoms with Gasteiger partial charge in [-0.05, 0) is 48.9 Å². The number of carbonyl (C=O) groups is 1. The summed E-state index contributed by atoms with van der Waals surface area (Å²) < 4.78 is 1.76. The van der Waals surface area contributed by atoms with Gasteiger partial charge in [0.15, 0.2) is 0 Å². The Hall–Kier alpha value is -4.27. The number of nitrogens with zero attached hydrogens (tertiary/aromatic N) is 5. The molecule has 4 heterocycles. The topological polar surface area (TPSA) is 124 Å². The average Bonchev–Trinajstić information content (AvgIpc) is 3.17. The molecule has 1 aliphatic rings. The minimum Gasteiger partial charge on any atom is -0.383 e. The highest BCUT2D eigenvalue weighted by molar-refractivity contribution is 6.01. The lowest BCUT2D eigenvalue weighted by atomic mass is 9.86. The molecule has 9 nitrogen and oxygen atoms in total.